The molecular weight excluding hydrogens is 258 g/mol. The van der Waals surface area contributed by atoms with Crippen molar-refractivity contribution in [2.75, 3.05) is 19.6 Å². The van der Waals surface area contributed by atoms with Crippen molar-refractivity contribution in [3.05, 3.63) is 34.9 Å². The number of rotatable bonds is 5. The predicted octanol–water partition coefficient (Wildman–Crippen LogP) is 4.39. The second-order valence-electron chi connectivity index (χ2n) is 6.60. The van der Waals surface area contributed by atoms with Gasteiger partial charge in [0.15, 0.2) is 5.78 Å². The molecule has 1 fully saturated rings. The zero-order chi connectivity index (χ0) is 15.2. The molecule has 0 spiro atoms. The first-order chi connectivity index (χ1) is 10.1. The molecule has 2 rings (SSSR count). The topological polar surface area (TPSA) is 20.3 Å². The zero-order valence-electron chi connectivity index (χ0n) is 13.8. The third-order valence-electron chi connectivity index (χ3n) is 4.70. The summed E-state index contributed by atoms with van der Waals surface area (Å²) in [6, 6.07) is 6.17. The van der Waals surface area contributed by atoms with E-state index < -0.39 is 0 Å². The van der Waals surface area contributed by atoms with Crippen LogP contribution in [-0.4, -0.2) is 30.3 Å². The van der Waals surface area contributed by atoms with Crippen molar-refractivity contribution in [2.24, 2.45) is 5.92 Å². The number of benzene rings is 1. The minimum Gasteiger partial charge on any atom is -0.296 e. The number of carbonyl (C=O) groups excluding carboxylic acids is 1. The normalized spacial score (nSPS) is 20.2. The number of ketones is 1. The molecule has 0 saturated carbocycles. The summed E-state index contributed by atoms with van der Waals surface area (Å²) in [6.45, 7) is 9.11. The highest BCUT2D eigenvalue weighted by atomic mass is 16.1. The van der Waals surface area contributed by atoms with Crippen LogP contribution < -0.4 is 0 Å². The molecule has 2 nitrogen and oxygen atoms in total. The third-order valence-corrected chi connectivity index (χ3v) is 4.70. The van der Waals surface area contributed by atoms with Crippen LogP contribution in [0.15, 0.2) is 18.2 Å². The maximum Gasteiger partial charge on any atom is 0.177 e. The number of hydrogen-bond donors (Lipinski definition) is 0. The van der Waals surface area contributed by atoms with Crippen LogP contribution in [0.4, 0.5) is 0 Å². The highest BCUT2D eigenvalue weighted by molar-refractivity contribution is 5.99. The van der Waals surface area contributed by atoms with Crippen LogP contribution in [0.5, 0.6) is 0 Å². The van der Waals surface area contributed by atoms with E-state index in [1.807, 2.05) is 13.0 Å². The molecule has 0 aliphatic carbocycles. The zero-order valence-corrected chi connectivity index (χ0v) is 13.8. The molecule has 21 heavy (non-hydrogen) atoms. The van der Waals surface area contributed by atoms with Gasteiger partial charge in [0.1, 0.15) is 0 Å². The number of likely N-dealkylation sites (tertiary alicyclic amines) is 1. The Hall–Kier alpha value is -1.15. The molecule has 1 unspecified atom stereocenters. The maximum atomic E-state index is 12.6. The fourth-order valence-electron chi connectivity index (χ4n) is 3.40. The van der Waals surface area contributed by atoms with Gasteiger partial charge in [-0.15, -0.1) is 0 Å². The Morgan fingerprint density at radius 3 is 2.81 bits per heavy atom. The number of nitrogens with zero attached hydrogens (tertiary/aromatic N) is 1. The molecule has 1 aliphatic rings. The van der Waals surface area contributed by atoms with E-state index in [0.717, 1.165) is 30.1 Å². The van der Waals surface area contributed by atoms with Gasteiger partial charge >= 0.3 is 0 Å². The summed E-state index contributed by atoms with van der Waals surface area (Å²) in [5, 5.41) is 0. The van der Waals surface area contributed by atoms with Gasteiger partial charge in [-0.3, -0.25) is 9.69 Å². The molecule has 0 N–H and O–H groups in total. The van der Waals surface area contributed by atoms with E-state index >= 15 is 0 Å². The van der Waals surface area contributed by atoms with E-state index in [9.17, 15) is 4.79 Å². The lowest BCUT2D eigenvalue weighted by molar-refractivity contribution is 0.0931. The fourth-order valence-corrected chi connectivity index (χ4v) is 3.40. The summed E-state index contributed by atoms with van der Waals surface area (Å²) in [5.41, 5.74) is 3.18. The molecule has 0 bridgehead atoms. The minimum atomic E-state index is 0.283. The summed E-state index contributed by atoms with van der Waals surface area (Å²) >= 11 is 0. The average molecular weight is 287 g/mol. The van der Waals surface area contributed by atoms with Gasteiger partial charge in [0.05, 0.1) is 6.54 Å². The molecule has 1 aromatic rings. The van der Waals surface area contributed by atoms with Gasteiger partial charge < -0.3 is 0 Å². The molecule has 116 valence electrons. The van der Waals surface area contributed by atoms with Crippen molar-refractivity contribution in [1.82, 2.24) is 4.90 Å². The van der Waals surface area contributed by atoms with Gasteiger partial charge in [-0.1, -0.05) is 37.5 Å². The van der Waals surface area contributed by atoms with Crippen LogP contribution in [0.25, 0.3) is 0 Å². The quantitative estimate of drug-likeness (QED) is 0.749. The summed E-state index contributed by atoms with van der Waals surface area (Å²) < 4.78 is 0. The lowest BCUT2D eigenvalue weighted by Crippen LogP contribution is -2.31. The van der Waals surface area contributed by atoms with E-state index in [2.05, 4.69) is 30.9 Å². The lowest BCUT2D eigenvalue weighted by atomic mass is 9.96. The van der Waals surface area contributed by atoms with Crippen molar-refractivity contribution in [2.45, 2.75) is 52.9 Å². The second kappa shape index (κ2) is 7.74. The molecule has 1 saturated heterocycles. The largest absolute Gasteiger partial charge is 0.296 e. The lowest BCUT2D eigenvalue weighted by Gasteiger charge is -2.20. The second-order valence-corrected chi connectivity index (χ2v) is 6.60. The molecule has 1 aromatic carbocycles. The molecular formula is C19H29NO. The van der Waals surface area contributed by atoms with Crippen molar-refractivity contribution in [3.63, 3.8) is 0 Å². The van der Waals surface area contributed by atoms with E-state index in [1.165, 1.54) is 37.7 Å². The maximum absolute atomic E-state index is 12.6. The number of Topliss-reactive ketones (excluding diaryl/α,β-unsaturated/α-hetero) is 1. The molecule has 1 atom stereocenters. The first kappa shape index (κ1) is 16.2. The van der Waals surface area contributed by atoms with E-state index in [-0.39, 0.29) is 5.78 Å². The van der Waals surface area contributed by atoms with Crippen LogP contribution in [-0.2, 0) is 0 Å². The number of hydrogen-bond acceptors (Lipinski definition) is 2. The molecule has 1 heterocycles. The molecule has 2 heteroatoms. The van der Waals surface area contributed by atoms with Gasteiger partial charge in [0.2, 0.25) is 0 Å². The van der Waals surface area contributed by atoms with E-state index in [4.69, 9.17) is 0 Å². The van der Waals surface area contributed by atoms with Gasteiger partial charge in [-0.05, 0) is 63.7 Å². The minimum absolute atomic E-state index is 0.283. The molecule has 0 aromatic heterocycles. The monoisotopic (exact) mass is 287 g/mol. The van der Waals surface area contributed by atoms with Crippen LogP contribution in [0.2, 0.25) is 0 Å². The van der Waals surface area contributed by atoms with Crippen LogP contribution in [0.1, 0.15) is 60.5 Å². The first-order valence-electron chi connectivity index (χ1n) is 8.43. The van der Waals surface area contributed by atoms with Crippen molar-refractivity contribution in [3.8, 4) is 0 Å². The predicted molar refractivity (Wildman–Crippen MR) is 88.9 cm³/mol. The Labute approximate surface area is 129 Å². The summed E-state index contributed by atoms with van der Waals surface area (Å²) in [7, 11) is 0. The highest BCUT2D eigenvalue weighted by Crippen LogP contribution is 2.22. The van der Waals surface area contributed by atoms with Gasteiger partial charge in [-0.25, -0.2) is 0 Å². The van der Waals surface area contributed by atoms with Crippen molar-refractivity contribution < 1.29 is 4.79 Å². The van der Waals surface area contributed by atoms with Crippen molar-refractivity contribution >= 4 is 5.78 Å². The standard InChI is InChI=1S/C19H29NO/c1-4-6-17-7-5-11-20(12-10-17)14-19(21)18-13-15(2)8-9-16(18)3/h8-9,13,17H,4-7,10-12,14H2,1-3H3. The Morgan fingerprint density at radius 1 is 1.24 bits per heavy atom. The van der Waals surface area contributed by atoms with Crippen LogP contribution in [0, 0.1) is 19.8 Å². The number of carbonyl (C=O) groups is 1. The summed E-state index contributed by atoms with van der Waals surface area (Å²) in [6.07, 6.45) is 6.46. The Morgan fingerprint density at radius 2 is 2.05 bits per heavy atom. The van der Waals surface area contributed by atoms with Crippen LogP contribution >= 0.6 is 0 Å². The van der Waals surface area contributed by atoms with Crippen molar-refractivity contribution in [1.29, 1.82) is 0 Å². The Kier molecular flexibility index (Phi) is 5.98. The Bertz CT molecular complexity index is 480. The molecule has 0 radical (unpaired) electrons. The highest BCUT2D eigenvalue weighted by Gasteiger charge is 2.19. The Balaban J connectivity index is 1.95. The van der Waals surface area contributed by atoms with E-state index in [1.54, 1.807) is 0 Å². The number of aryl methyl sites for hydroxylation is 2. The average Bonchev–Trinajstić information content (AvgIpc) is 2.67. The summed E-state index contributed by atoms with van der Waals surface area (Å²) in [5.74, 6) is 1.15. The smallest absolute Gasteiger partial charge is 0.177 e. The summed E-state index contributed by atoms with van der Waals surface area (Å²) in [4.78, 5) is 14.9. The van der Waals surface area contributed by atoms with E-state index in [0.29, 0.717) is 6.54 Å². The van der Waals surface area contributed by atoms with Gasteiger partial charge in [0, 0.05) is 5.56 Å². The molecule has 0 amide bonds. The van der Waals surface area contributed by atoms with Gasteiger partial charge in [0.25, 0.3) is 0 Å². The SMILES string of the molecule is CCCC1CCCN(CC(=O)c2cc(C)ccc2C)CC1. The molecule has 1 aliphatic heterocycles. The fraction of sp³-hybridized carbons (Fsp3) is 0.632. The third kappa shape index (κ3) is 4.67. The van der Waals surface area contributed by atoms with Gasteiger partial charge in [-0.2, -0.15) is 0 Å². The first-order valence-corrected chi connectivity index (χ1v) is 8.43. The van der Waals surface area contributed by atoms with Crippen LogP contribution in [0.3, 0.4) is 0 Å².